The number of aromatic nitrogens is 3. The van der Waals surface area contributed by atoms with Crippen molar-refractivity contribution in [1.82, 2.24) is 20.0 Å². The van der Waals surface area contributed by atoms with Crippen LogP contribution in [-0.2, 0) is 19.7 Å². The van der Waals surface area contributed by atoms with E-state index in [1.54, 1.807) is 12.4 Å². The van der Waals surface area contributed by atoms with Crippen LogP contribution in [-0.4, -0.2) is 26.6 Å². The van der Waals surface area contributed by atoms with Gasteiger partial charge in [0.2, 0.25) is 11.7 Å². The molecule has 0 N–H and O–H groups in total. The van der Waals surface area contributed by atoms with E-state index in [1.807, 2.05) is 42.5 Å². The minimum absolute atomic E-state index is 0.296. The van der Waals surface area contributed by atoms with E-state index in [-0.39, 0.29) is 0 Å². The van der Waals surface area contributed by atoms with E-state index in [0.717, 1.165) is 18.8 Å². The van der Waals surface area contributed by atoms with Crippen LogP contribution in [0.4, 0.5) is 0 Å². The van der Waals surface area contributed by atoms with Gasteiger partial charge in [0.1, 0.15) is 5.75 Å². The Bertz CT molecular complexity index is 731. The van der Waals surface area contributed by atoms with Crippen LogP contribution in [0.15, 0.2) is 59.4 Å². The van der Waals surface area contributed by atoms with Crippen LogP contribution >= 0.6 is 0 Å². The molecule has 0 saturated carbocycles. The maximum atomic E-state index is 5.63. The van der Waals surface area contributed by atoms with Crippen molar-refractivity contribution in [2.75, 3.05) is 6.54 Å². The molecule has 3 rings (SSSR count). The van der Waals surface area contributed by atoms with Crippen LogP contribution in [0.2, 0.25) is 0 Å². The average Bonchev–Trinajstić information content (AvgIpc) is 3.08. The van der Waals surface area contributed by atoms with Gasteiger partial charge in [0.05, 0.1) is 6.54 Å². The third-order valence-electron chi connectivity index (χ3n) is 3.58. The second-order valence-corrected chi connectivity index (χ2v) is 5.36. The van der Waals surface area contributed by atoms with Crippen LogP contribution < -0.4 is 4.74 Å². The quantitative estimate of drug-likeness (QED) is 0.634. The predicted octanol–water partition coefficient (Wildman–Crippen LogP) is 3.07. The van der Waals surface area contributed by atoms with Crippen molar-refractivity contribution in [2.45, 2.75) is 26.6 Å². The Morgan fingerprint density at radius 1 is 1.04 bits per heavy atom. The fraction of sp³-hybridized carbons (Fsp3) is 0.278. The molecular weight excluding hydrogens is 304 g/mol. The molecule has 0 fully saturated rings. The van der Waals surface area contributed by atoms with Crippen molar-refractivity contribution >= 4 is 0 Å². The molecule has 0 amide bonds. The highest BCUT2D eigenvalue weighted by Gasteiger charge is 2.12. The maximum absolute atomic E-state index is 5.63. The Hall–Kier alpha value is -2.73. The molecule has 0 bridgehead atoms. The average molecular weight is 324 g/mol. The molecule has 0 spiro atoms. The Morgan fingerprint density at radius 2 is 1.83 bits per heavy atom. The molecule has 124 valence electrons. The molecular formula is C18H20N4O2. The van der Waals surface area contributed by atoms with Gasteiger partial charge in [-0.2, -0.15) is 4.98 Å². The zero-order chi connectivity index (χ0) is 16.6. The third kappa shape index (κ3) is 4.63. The summed E-state index contributed by atoms with van der Waals surface area (Å²) in [6.45, 7) is 4.72. The molecule has 0 aliphatic rings. The van der Waals surface area contributed by atoms with Crippen molar-refractivity contribution in [3.05, 3.63) is 72.1 Å². The highest BCUT2D eigenvalue weighted by molar-refractivity contribution is 5.20. The molecule has 0 saturated heterocycles. The normalized spacial score (nSPS) is 10.9. The number of para-hydroxylation sites is 1. The van der Waals surface area contributed by atoms with Crippen LogP contribution in [0, 0.1) is 0 Å². The molecule has 0 unspecified atom stereocenters. The maximum Gasteiger partial charge on any atom is 0.240 e. The Labute approximate surface area is 141 Å². The standard InChI is InChI=1S/C18H20N4O2/c1-2-22(12-15-8-10-19-11-9-15)13-18-20-17(21-24-18)14-23-16-6-4-3-5-7-16/h3-11H,2,12-14H2,1H3. The van der Waals surface area contributed by atoms with Gasteiger partial charge < -0.3 is 9.26 Å². The minimum Gasteiger partial charge on any atom is -0.485 e. The Balaban J connectivity index is 1.54. The van der Waals surface area contributed by atoms with Gasteiger partial charge in [-0.15, -0.1) is 0 Å². The first-order valence-corrected chi connectivity index (χ1v) is 7.94. The topological polar surface area (TPSA) is 64.3 Å². The Kier molecular flexibility index (Phi) is 5.52. The van der Waals surface area contributed by atoms with Gasteiger partial charge in [-0.3, -0.25) is 9.88 Å². The first-order valence-electron chi connectivity index (χ1n) is 7.94. The second kappa shape index (κ2) is 8.21. The summed E-state index contributed by atoms with van der Waals surface area (Å²) in [5.74, 6) is 1.93. The van der Waals surface area contributed by atoms with E-state index in [0.29, 0.717) is 24.9 Å². The molecule has 6 heteroatoms. The third-order valence-corrected chi connectivity index (χ3v) is 3.58. The number of nitrogens with zero attached hydrogens (tertiary/aromatic N) is 4. The molecule has 6 nitrogen and oxygen atoms in total. The van der Waals surface area contributed by atoms with Crippen molar-refractivity contribution in [2.24, 2.45) is 0 Å². The van der Waals surface area contributed by atoms with Crippen molar-refractivity contribution in [3.8, 4) is 5.75 Å². The lowest BCUT2D eigenvalue weighted by Crippen LogP contribution is -2.22. The van der Waals surface area contributed by atoms with Gasteiger partial charge >= 0.3 is 0 Å². The fourth-order valence-electron chi connectivity index (χ4n) is 2.29. The van der Waals surface area contributed by atoms with E-state index in [9.17, 15) is 0 Å². The fourth-order valence-corrected chi connectivity index (χ4v) is 2.29. The van der Waals surface area contributed by atoms with Gasteiger partial charge in [0.25, 0.3) is 0 Å². The summed E-state index contributed by atoms with van der Waals surface area (Å²) in [6.07, 6.45) is 3.60. The minimum atomic E-state index is 0.296. The molecule has 24 heavy (non-hydrogen) atoms. The van der Waals surface area contributed by atoms with E-state index in [4.69, 9.17) is 9.26 Å². The van der Waals surface area contributed by atoms with Gasteiger partial charge in [-0.05, 0) is 36.4 Å². The van der Waals surface area contributed by atoms with Gasteiger partial charge in [0.15, 0.2) is 6.61 Å². The predicted molar refractivity (Wildman–Crippen MR) is 89.1 cm³/mol. The summed E-state index contributed by atoms with van der Waals surface area (Å²) in [5, 5.41) is 3.98. The molecule has 0 atom stereocenters. The summed E-state index contributed by atoms with van der Waals surface area (Å²) in [5.41, 5.74) is 1.21. The molecule has 2 aromatic heterocycles. The highest BCUT2D eigenvalue weighted by Crippen LogP contribution is 2.12. The van der Waals surface area contributed by atoms with Gasteiger partial charge in [-0.25, -0.2) is 0 Å². The first kappa shape index (κ1) is 16.1. The SMILES string of the molecule is CCN(Cc1ccncc1)Cc1nc(COc2ccccc2)no1. The van der Waals surface area contributed by atoms with E-state index >= 15 is 0 Å². The van der Waals surface area contributed by atoms with Crippen molar-refractivity contribution < 1.29 is 9.26 Å². The first-order chi connectivity index (χ1) is 11.8. The second-order valence-electron chi connectivity index (χ2n) is 5.36. The molecule has 0 aliphatic carbocycles. The zero-order valence-corrected chi connectivity index (χ0v) is 13.6. The number of benzene rings is 1. The summed E-state index contributed by atoms with van der Waals surface area (Å²) in [4.78, 5) is 10.7. The van der Waals surface area contributed by atoms with Gasteiger partial charge in [-0.1, -0.05) is 30.3 Å². The molecule has 0 radical (unpaired) electrons. The van der Waals surface area contributed by atoms with Gasteiger partial charge in [0, 0.05) is 18.9 Å². The van der Waals surface area contributed by atoms with Crippen LogP contribution in [0.25, 0.3) is 0 Å². The summed E-state index contributed by atoms with van der Waals surface area (Å²) in [7, 11) is 0. The van der Waals surface area contributed by atoms with E-state index in [1.165, 1.54) is 5.56 Å². The van der Waals surface area contributed by atoms with Crippen LogP contribution in [0.1, 0.15) is 24.2 Å². The molecule has 2 heterocycles. The lowest BCUT2D eigenvalue weighted by atomic mass is 10.2. The summed E-state index contributed by atoms with van der Waals surface area (Å²) < 4.78 is 11.0. The summed E-state index contributed by atoms with van der Waals surface area (Å²) >= 11 is 0. The zero-order valence-electron chi connectivity index (χ0n) is 13.6. The molecule has 3 aromatic rings. The Morgan fingerprint density at radius 3 is 2.58 bits per heavy atom. The largest absolute Gasteiger partial charge is 0.485 e. The highest BCUT2D eigenvalue weighted by atomic mass is 16.5. The van der Waals surface area contributed by atoms with Crippen LogP contribution in [0.5, 0.6) is 5.75 Å². The van der Waals surface area contributed by atoms with Crippen LogP contribution in [0.3, 0.4) is 0 Å². The summed E-state index contributed by atoms with van der Waals surface area (Å²) in [6, 6.07) is 13.6. The number of hydrogen-bond donors (Lipinski definition) is 0. The lowest BCUT2D eigenvalue weighted by Gasteiger charge is -2.17. The van der Waals surface area contributed by atoms with E-state index < -0.39 is 0 Å². The van der Waals surface area contributed by atoms with E-state index in [2.05, 4.69) is 26.9 Å². The molecule has 1 aromatic carbocycles. The van der Waals surface area contributed by atoms with Crippen molar-refractivity contribution in [1.29, 1.82) is 0 Å². The smallest absolute Gasteiger partial charge is 0.240 e. The molecule has 0 aliphatic heterocycles. The number of pyridine rings is 1. The number of rotatable bonds is 8. The number of ether oxygens (including phenoxy) is 1. The number of hydrogen-bond acceptors (Lipinski definition) is 6. The monoisotopic (exact) mass is 324 g/mol. The lowest BCUT2D eigenvalue weighted by molar-refractivity contribution is 0.227. The van der Waals surface area contributed by atoms with Crippen molar-refractivity contribution in [3.63, 3.8) is 0 Å².